The van der Waals surface area contributed by atoms with Gasteiger partial charge in [0.1, 0.15) is 0 Å². The van der Waals surface area contributed by atoms with E-state index in [1.54, 1.807) is 11.3 Å². The lowest BCUT2D eigenvalue weighted by Gasteiger charge is -1.98. The molecule has 2 rings (SSSR count). The molecule has 1 aliphatic rings. The Kier molecular flexibility index (Phi) is 2.72. The Morgan fingerprint density at radius 3 is 2.92 bits per heavy atom. The molecule has 72 valence electrons. The van der Waals surface area contributed by atoms with Gasteiger partial charge in [0.2, 0.25) is 0 Å². The van der Waals surface area contributed by atoms with Gasteiger partial charge in [-0.1, -0.05) is 0 Å². The van der Waals surface area contributed by atoms with Gasteiger partial charge >= 0.3 is 0 Å². The molecule has 0 aromatic carbocycles. The molecule has 0 aliphatic heterocycles. The number of hydrogen-bond donors (Lipinski definition) is 1. The first-order valence-electron chi connectivity index (χ1n) is 4.57. The summed E-state index contributed by atoms with van der Waals surface area (Å²) in [5.74, 6) is 0.729. The molecular weight excluding hydrogens is 248 g/mol. The van der Waals surface area contributed by atoms with E-state index in [1.807, 2.05) is 6.92 Å². The normalized spacial score (nSPS) is 19.0. The third-order valence-electron chi connectivity index (χ3n) is 2.11. The monoisotopic (exact) mass is 260 g/mol. The van der Waals surface area contributed by atoms with Crippen molar-refractivity contribution >= 4 is 27.3 Å². The summed E-state index contributed by atoms with van der Waals surface area (Å²) in [4.78, 5) is 4.60. The van der Waals surface area contributed by atoms with Crippen molar-refractivity contribution in [3.05, 3.63) is 14.5 Å². The molecule has 1 aliphatic carbocycles. The second-order valence-electron chi connectivity index (χ2n) is 3.72. The molecule has 13 heavy (non-hydrogen) atoms. The highest BCUT2D eigenvalue weighted by molar-refractivity contribution is 9.11. The van der Waals surface area contributed by atoms with Crippen molar-refractivity contribution in [2.45, 2.75) is 38.1 Å². The van der Waals surface area contributed by atoms with Gasteiger partial charge < -0.3 is 5.73 Å². The minimum absolute atomic E-state index is 0.213. The number of thiazole rings is 1. The van der Waals surface area contributed by atoms with Gasteiger partial charge in [-0.25, -0.2) is 4.98 Å². The largest absolute Gasteiger partial charge is 0.328 e. The van der Waals surface area contributed by atoms with Crippen LogP contribution in [0.2, 0.25) is 0 Å². The van der Waals surface area contributed by atoms with Crippen molar-refractivity contribution in [2.24, 2.45) is 5.73 Å². The van der Waals surface area contributed by atoms with Crippen LogP contribution in [0.5, 0.6) is 0 Å². The minimum atomic E-state index is 0.213. The average molecular weight is 261 g/mol. The van der Waals surface area contributed by atoms with E-state index in [-0.39, 0.29) is 6.04 Å². The Bertz CT molecular complexity index is 305. The SMILES string of the molecule is CC(N)Cc1nc(C2CC2)c(Br)s1. The maximum absolute atomic E-state index is 5.73. The first-order chi connectivity index (χ1) is 6.16. The standard InChI is InChI=1S/C9H13BrN2S/c1-5(11)4-7-12-8(6-2-3-6)9(10)13-7/h5-6H,2-4,11H2,1H3. The fourth-order valence-corrected chi connectivity index (χ4v) is 3.32. The molecule has 1 aromatic rings. The van der Waals surface area contributed by atoms with Gasteiger partial charge in [0.05, 0.1) is 14.5 Å². The van der Waals surface area contributed by atoms with E-state index in [0.29, 0.717) is 0 Å². The molecule has 2 N–H and O–H groups in total. The Morgan fingerprint density at radius 2 is 2.38 bits per heavy atom. The van der Waals surface area contributed by atoms with Crippen LogP contribution in [0.1, 0.15) is 36.4 Å². The summed E-state index contributed by atoms with van der Waals surface area (Å²) in [6, 6.07) is 0.213. The van der Waals surface area contributed by atoms with Crippen molar-refractivity contribution in [3.8, 4) is 0 Å². The third kappa shape index (κ3) is 2.30. The molecule has 0 bridgehead atoms. The Balaban J connectivity index is 2.14. The van der Waals surface area contributed by atoms with Gasteiger partial charge in [-0.3, -0.25) is 0 Å². The van der Waals surface area contributed by atoms with Crippen LogP contribution in [0.3, 0.4) is 0 Å². The number of rotatable bonds is 3. The quantitative estimate of drug-likeness (QED) is 0.908. The third-order valence-corrected chi connectivity index (χ3v) is 3.89. The van der Waals surface area contributed by atoms with Crippen LogP contribution in [0, 0.1) is 0 Å². The highest BCUT2D eigenvalue weighted by Gasteiger charge is 2.28. The van der Waals surface area contributed by atoms with Crippen LogP contribution in [0.25, 0.3) is 0 Å². The molecule has 1 unspecified atom stereocenters. The zero-order chi connectivity index (χ0) is 9.42. The summed E-state index contributed by atoms with van der Waals surface area (Å²) in [5, 5.41) is 1.17. The predicted octanol–water partition coefficient (Wildman–Crippen LogP) is 2.67. The van der Waals surface area contributed by atoms with E-state index < -0.39 is 0 Å². The van der Waals surface area contributed by atoms with Crippen molar-refractivity contribution in [1.29, 1.82) is 0 Å². The van der Waals surface area contributed by atoms with Crippen LogP contribution in [-0.2, 0) is 6.42 Å². The second kappa shape index (κ2) is 3.67. The summed E-state index contributed by atoms with van der Waals surface area (Å²) in [7, 11) is 0. The van der Waals surface area contributed by atoms with Gasteiger partial charge in [-0.05, 0) is 35.7 Å². The van der Waals surface area contributed by atoms with Crippen molar-refractivity contribution < 1.29 is 0 Å². The molecule has 4 heteroatoms. The maximum atomic E-state index is 5.73. The smallest absolute Gasteiger partial charge is 0.0955 e. The Labute approximate surface area is 90.7 Å². The summed E-state index contributed by atoms with van der Waals surface area (Å²) in [5.41, 5.74) is 6.99. The van der Waals surface area contributed by atoms with Crippen LogP contribution in [0.15, 0.2) is 3.79 Å². The predicted molar refractivity (Wildman–Crippen MR) is 59.1 cm³/mol. The molecule has 0 spiro atoms. The molecule has 0 saturated heterocycles. The number of aromatic nitrogens is 1. The number of hydrogen-bond acceptors (Lipinski definition) is 3. The maximum Gasteiger partial charge on any atom is 0.0955 e. The molecule has 1 heterocycles. The van der Waals surface area contributed by atoms with E-state index in [0.717, 1.165) is 12.3 Å². The first-order valence-corrected chi connectivity index (χ1v) is 6.18. The van der Waals surface area contributed by atoms with Gasteiger partial charge in [-0.15, -0.1) is 11.3 Å². The number of nitrogens with zero attached hydrogens (tertiary/aromatic N) is 1. The lowest BCUT2D eigenvalue weighted by atomic mass is 10.2. The average Bonchev–Trinajstić information content (AvgIpc) is 2.77. The van der Waals surface area contributed by atoms with Gasteiger partial charge in [0.15, 0.2) is 0 Å². The molecule has 0 radical (unpaired) electrons. The van der Waals surface area contributed by atoms with Gasteiger partial charge in [0.25, 0.3) is 0 Å². The minimum Gasteiger partial charge on any atom is -0.328 e. The summed E-state index contributed by atoms with van der Waals surface area (Å²) in [6.45, 7) is 2.02. The van der Waals surface area contributed by atoms with Crippen LogP contribution >= 0.6 is 27.3 Å². The Hall–Kier alpha value is 0.0700. The molecule has 1 saturated carbocycles. The Morgan fingerprint density at radius 1 is 1.69 bits per heavy atom. The zero-order valence-electron chi connectivity index (χ0n) is 7.59. The summed E-state index contributed by atoms with van der Waals surface area (Å²) in [6.07, 6.45) is 3.51. The lowest BCUT2D eigenvalue weighted by molar-refractivity contribution is 0.731. The molecule has 0 amide bonds. The van der Waals surface area contributed by atoms with Crippen LogP contribution in [0.4, 0.5) is 0 Å². The van der Waals surface area contributed by atoms with E-state index in [4.69, 9.17) is 5.73 Å². The highest BCUT2D eigenvalue weighted by atomic mass is 79.9. The second-order valence-corrected chi connectivity index (χ2v) is 6.12. The van der Waals surface area contributed by atoms with Crippen molar-refractivity contribution in [2.75, 3.05) is 0 Å². The zero-order valence-corrected chi connectivity index (χ0v) is 9.99. The van der Waals surface area contributed by atoms with Crippen LogP contribution < -0.4 is 5.73 Å². The van der Waals surface area contributed by atoms with E-state index in [9.17, 15) is 0 Å². The van der Waals surface area contributed by atoms with Gasteiger partial charge in [-0.2, -0.15) is 0 Å². The first kappa shape index (κ1) is 9.62. The molecular formula is C9H13BrN2S. The van der Waals surface area contributed by atoms with E-state index >= 15 is 0 Å². The topological polar surface area (TPSA) is 38.9 Å². The summed E-state index contributed by atoms with van der Waals surface area (Å²) >= 11 is 5.30. The van der Waals surface area contributed by atoms with Crippen molar-refractivity contribution in [3.63, 3.8) is 0 Å². The number of halogens is 1. The summed E-state index contributed by atoms with van der Waals surface area (Å²) < 4.78 is 1.21. The molecule has 2 nitrogen and oxygen atoms in total. The van der Waals surface area contributed by atoms with Gasteiger partial charge in [0, 0.05) is 18.4 Å². The number of nitrogens with two attached hydrogens (primary N) is 1. The molecule has 1 fully saturated rings. The highest BCUT2D eigenvalue weighted by Crippen LogP contribution is 2.44. The fraction of sp³-hybridized carbons (Fsp3) is 0.667. The molecule has 1 atom stereocenters. The van der Waals surface area contributed by atoms with Crippen molar-refractivity contribution in [1.82, 2.24) is 4.98 Å². The fourth-order valence-electron chi connectivity index (χ4n) is 1.33. The van der Waals surface area contributed by atoms with E-state index in [2.05, 4.69) is 20.9 Å². The van der Waals surface area contributed by atoms with E-state index in [1.165, 1.54) is 27.3 Å². The molecule has 1 aromatic heterocycles. The lowest BCUT2D eigenvalue weighted by Crippen LogP contribution is -2.17. The van der Waals surface area contributed by atoms with Crippen LogP contribution in [-0.4, -0.2) is 11.0 Å².